The molecule has 1 unspecified atom stereocenters. The van der Waals surface area contributed by atoms with E-state index in [1.165, 1.54) is 0 Å². The minimum Gasteiger partial charge on any atom is -0.144 e. The van der Waals surface area contributed by atoms with Crippen molar-refractivity contribution in [3.05, 3.63) is 10.4 Å². The first-order valence-corrected chi connectivity index (χ1v) is 4.80. The summed E-state index contributed by atoms with van der Waals surface area (Å²) in [5, 5.41) is 16.6. The topological polar surface area (TPSA) is 71.9 Å². The van der Waals surface area contributed by atoms with Gasteiger partial charge in [-0.1, -0.05) is 5.11 Å². The van der Waals surface area contributed by atoms with Crippen LogP contribution in [0.15, 0.2) is 5.11 Å². The van der Waals surface area contributed by atoms with Crippen LogP contribution in [0.25, 0.3) is 10.4 Å². The molecule has 0 N–H and O–H groups in total. The van der Waals surface area contributed by atoms with Gasteiger partial charge in [-0.05, 0) is 45.6 Å². The van der Waals surface area contributed by atoms with Crippen molar-refractivity contribution in [1.82, 2.24) is 5.06 Å². The molecule has 0 aromatic carbocycles. The summed E-state index contributed by atoms with van der Waals surface area (Å²) in [7, 11) is 0. The van der Waals surface area contributed by atoms with Crippen LogP contribution in [0.5, 0.6) is 0 Å². The maximum Gasteiger partial charge on any atom is 0.0473 e. The Morgan fingerprint density at radius 3 is 2.43 bits per heavy atom. The van der Waals surface area contributed by atoms with E-state index < -0.39 is 5.54 Å². The molecule has 1 heterocycles. The minimum absolute atomic E-state index is 0.144. The van der Waals surface area contributed by atoms with E-state index in [-0.39, 0.29) is 11.5 Å². The van der Waals surface area contributed by atoms with Crippen LogP contribution in [0, 0.1) is 5.92 Å². The number of hydrogen-bond acceptors (Lipinski definition) is 2. The van der Waals surface area contributed by atoms with E-state index in [1.807, 2.05) is 27.7 Å². The van der Waals surface area contributed by atoms with Crippen molar-refractivity contribution in [1.29, 1.82) is 0 Å². The molecule has 79 valence electrons. The molecule has 1 radical (unpaired) electrons. The van der Waals surface area contributed by atoms with Gasteiger partial charge in [0.15, 0.2) is 0 Å². The second kappa shape index (κ2) is 3.42. The smallest absolute Gasteiger partial charge is 0.0473 e. The molecule has 0 aromatic rings. The van der Waals surface area contributed by atoms with Crippen LogP contribution in [0.3, 0.4) is 0 Å². The first-order valence-electron chi connectivity index (χ1n) is 4.80. The third-order valence-electron chi connectivity index (χ3n) is 3.18. The minimum atomic E-state index is -0.433. The van der Waals surface area contributed by atoms with Gasteiger partial charge in [0.1, 0.15) is 0 Å². The molecule has 0 amide bonds. The van der Waals surface area contributed by atoms with Gasteiger partial charge < -0.3 is 0 Å². The van der Waals surface area contributed by atoms with E-state index >= 15 is 0 Å². The number of nitrogens with zero attached hydrogens (tertiary/aromatic N) is 4. The molecule has 14 heavy (non-hydrogen) atoms. The molecular formula is C9H17N4O. The molecule has 0 saturated carbocycles. The molecule has 1 rings (SSSR count). The van der Waals surface area contributed by atoms with Gasteiger partial charge in [0.2, 0.25) is 0 Å². The molecule has 0 bridgehead atoms. The highest BCUT2D eigenvalue weighted by molar-refractivity contribution is 5.02. The highest BCUT2D eigenvalue weighted by Gasteiger charge is 2.51. The van der Waals surface area contributed by atoms with Crippen LogP contribution < -0.4 is 0 Å². The summed E-state index contributed by atoms with van der Waals surface area (Å²) in [5.74, 6) is 0.144. The summed E-state index contributed by atoms with van der Waals surface area (Å²) in [6, 6.07) is 0. The second-order valence-corrected chi connectivity index (χ2v) is 5.07. The molecule has 5 heteroatoms. The lowest BCUT2D eigenvalue weighted by atomic mass is 9.87. The summed E-state index contributed by atoms with van der Waals surface area (Å²) >= 11 is 0. The zero-order valence-corrected chi connectivity index (χ0v) is 9.19. The van der Waals surface area contributed by atoms with E-state index in [0.29, 0.717) is 6.54 Å². The Morgan fingerprint density at radius 2 is 2.07 bits per heavy atom. The lowest BCUT2D eigenvalue weighted by molar-refractivity contribution is -0.248. The zero-order valence-electron chi connectivity index (χ0n) is 9.19. The molecule has 1 atom stereocenters. The molecule has 1 saturated heterocycles. The summed E-state index contributed by atoms with van der Waals surface area (Å²) < 4.78 is 0. The van der Waals surface area contributed by atoms with Gasteiger partial charge in [0, 0.05) is 22.5 Å². The Morgan fingerprint density at radius 1 is 1.50 bits per heavy atom. The summed E-state index contributed by atoms with van der Waals surface area (Å²) in [5.41, 5.74) is 7.48. The highest BCUT2D eigenvalue weighted by atomic mass is 16.5. The van der Waals surface area contributed by atoms with E-state index in [2.05, 4.69) is 10.0 Å². The molecule has 1 fully saturated rings. The molecule has 5 nitrogen and oxygen atoms in total. The molecule has 1 aliphatic rings. The lowest BCUT2D eigenvalue weighted by Gasteiger charge is -2.33. The Balaban J connectivity index is 2.85. The number of hydrogen-bond donors (Lipinski definition) is 0. The van der Waals surface area contributed by atoms with Crippen molar-refractivity contribution >= 4 is 0 Å². The second-order valence-electron chi connectivity index (χ2n) is 5.07. The first kappa shape index (κ1) is 11.3. The van der Waals surface area contributed by atoms with Gasteiger partial charge in [-0.3, -0.25) is 0 Å². The van der Waals surface area contributed by atoms with Gasteiger partial charge >= 0.3 is 0 Å². The van der Waals surface area contributed by atoms with Gasteiger partial charge in [-0.2, -0.15) is 0 Å². The first-order chi connectivity index (χ1) is 6.32. The molecule has 0 aliphatic carbocycles. The van der Waals surface area contributed by atoms with Gasteiger partial charge in [-0.25, -0.2) is 0 Å². The molecular weight excluding hydrogens is 180 g/mol. The van der Waals surface area contributed by atoms with Crippen LogP contribution in [0.2, 0.25) is 0 Å². The maximum atomic E-state index is 11.9. The van der Waals surface area contributed by atoms with Gasteiger partial charge in [-0.15, -0.1) is 10.3 Å². The number of rotatable bonds is 2. The van der Waals surface area contributed by atoms with Gasteiger partial charge in [0.05, 0.1) is 0 Å². The van der Waals surface area contributed by atoms with Crippen LogP contribution >= 0.6 is 0 Å². The monoisotopic (exact) mass is 197 g/mol. The third-order valence-corrected chi connectivity index (χ3v) is 3.18. The van der Waals surface area contributed by atoms with Crippen molar-refractivity contribution in [2.45, 2.75) is 45.2 Å². The van der Waals surface area contributed by atoms with Crippen LogP contribution in [0.4, 0.5) is 0 Å². The van der Waals surface area contributed by atoms with E-state index in [0.717, 1.165) is 11.5 Å². The van der Waals surface area contributed by atoms with Crippen molar-refractivity contribution in [3.63, 3.8) is 0 Å². The van der Waals surface area contributed by atoms with E-state index in [4.69, 9.17) is 5.53 Å². The fourth-order valence-electron chi connectivity index (χ4n) is 2.30. The molecule has 1 aliphatic heterocycles. The quantitative estimate of drug-likeness (QED) is 0.381. The van der Waals surface area contributed by atoms with E-state index in [9.17, 15) is 5.21 Å². The SMILES string of the molecule is CC1(C)CC(CN=[N+]=[N-])C(C)(C)N1[O]. The normalized spacial score (nSPS) is 29.9. The number of azide groups is 1. The third kappa shape index (κ3) is 1.71. The Labute approximate surface area is 84.3 Å². The fourth-order valence-corrected chi connectivity index (χ4v) is 2.30. The van der Waals surface area contributed by atoms with Crippen LogP contribution in [0.1, 0.15) is 34.1 Å². The van der Waals surface area contributed by atoms with Crippen molar-refractivity contribution in [3.8, 4) is 0 Å². The van der Waals surface area contributed by atoms with Crippen molar-refractivity contribution in [2.75, 3.05) is 6.54 Å². The zero-order chi connectivity index (χ0) is 11.0. The number of hydroxylamine groups is 2. The largest absolute Gasteiger partial charge is 0.144 e. The molecule has 0 aromatic heterocycles. The standard InChI is InChI=1S/C9H17N4O/c1-8(2)5-7(6-11-12-10)9(3,4)13(8)14/h7H,5-6H2,1-4H3. The fraction of sp³-hybridized carbons (Fsp3) is 1.00. The average Bonchev–Trinajstić information content (AvgIpc) is 2.23. The van der Waals surface area contributed by atoms with Gasteiger partial charge in [0.25, 0.3) is 0 Å². The van der Waals surface area contributed by atoms with E-state index in [1.54, 1.807) is 0 Å². The summed E-state index contributed by atoms with van der Waals surface area (Å²) in [4.78, 5) is 2.74. The lowest BCUT2D eigenvalue weighted by Crippen LogP contribution is -2.46. The van der Waals surface area contributed by atoms with Crippen molar-refractivity contribution in [2.24, 2.45) is 11.0 Å². The van der Waals surface area contributed by atoms with Crippen LogP contribution in [-0.2, 0) is 5.21 Å². The Hall–Kier alpha value is -0.770. The summed E-state index contributed by atoms with van der Waals surface area (Å²) in [6.45, 7) is 8.08. The van der Waals surface area contributed by atoms with Crippen LogP contribution in [-0.4, -0.2) is 22.7 Å². The predicted molar refractivity (Wildman–Crippen MR) is 52.8 cm³/mol. The molecule has 0 spiro atoms. The summed E-state index contributed by atoms with van der Waals surface area (Å²) in [6.07, 6.45) is 0.780. The Kier molecular flexibility index (Phi) is 2.76. The average molecular weight is 197 g/mol. The predicted octanol–water partition coefficient (Wildman–Crippen LogP) is 2.52. The maximum absolute atomic E-state index is 11.9. The highest BCUT2D eigenvalue weighted by Crippen LogP contribution is 2.43. The Bertz CT molecular complexity index is 268. The van der Waals surface area contributed by atoms with Crippen molar-refractivity contribution < 1.29 is 5.21 Å².